The van der Waals surface area contributed by atoms with Crippen LogP contribution in [0.1, 0.15) is 125 Å². The van der Waals surface area contributed by atoms with Gasteiger partial charge in [-0.1, -0.05) is 12.8 Å². The molecule has 6 aromatic rings. The first kappa shape index (κ1) is 53.8. The fourth-order valence-electron chi connectivity index (χ4n) is 13.1. The number of carbonyl (C=O) groups is 1. The molecule has 4 atom stereocenters. The molecule has 17 nitrogen and oxygen atoms in total. The van der Waals surface area contributed by atoms with E-state index in [2.05, 4.69) is 64.6 Å². The number of nitrogen functional groups attached to an aromatic ring is 1. The molecule has 17 heteroatoms. The Balaban J connectivity index is 0.000000135. The number of hydrogen-bond donors (Lipinski definition) is 3. The number of aromatic nitrogens is 6. The molecule has 8 aliphatic rings. The summed E-state index contributed by atoms with van der Waals surface area (Å²) in [6.45, 7) is 9.57. The monoisotopic (exact) mass is 1080 g/mol. The van der Waals surface area contributed by atoms with E-state index in [1.165, 1.54) is 56.2 Å². The summed E-state index contributed by atoms with van der Waals surface area (Å²) in [5, 5.41) is 6.63. The second kappa shape index (κ2) is 24.1. The first-order valence-corrected chi connectivity index (χ1v) is 29.6. The molecule has 6 aliphatic heterocycles. The van der Waals surface area contributed by atoms with Crippen molar-refractivity contribution >= 4 is 40.7 Å². The summed E-state index contributed by atoms with van der Waals surface area (Å²) < 4.78 is 24.8. The van der Waals surface area contributed by atoms with Crippen molar-refractivity contribution in [2.45, 2.75) is 165 Å². The van der Waals surface area contributed by atoms with E-state index in [1.54, 1.807) is 18.6 Å². The number of nitrogens with one attached hydrogen (secondary N) is 2. The fraction of sp³-hybridized carbons (Fsp3) is 0.508. The second-order valence-corrected chi connectivity index (χ2v) is 23.2. The largest absolute Gasteiger partial charge is 0.384 e. The molecule has 80 heavy (non-hydrogen) atoms. The summed E-state index contributed by atoms with van der Waals surface area (Å²) in [6.07, 6.45) is 27.1. The highest BCUT2D eigenvalue weighted by Crippen LogP contribution is 2.42. The smallest absolute Gasteiger partial charge is 0.329 e. The minimum absolute atomic E-state index is 0.0744. The van der Waals surface area contributed by atoms with Gasteiger partial charge in [0, 0.05) is 105 Å². The number of urea groups is 1. The van der Waals surface area contributed by atoms with E-state index in [1.807, 2.05) is 73.5 Å². The Bertz CT molecular complexity index is 3100. The number of nitrogens with zero attached hydrogens (tertiary/aromatic N) is 9. The van der Waals surface area contributed by atoms with Crippen molar-refractivity contribution in [2.75, 3.05) is 70.5 Å². The van der Waals surface area contributed by atoms with Crippen LogP contribution in [0, 0.1) is 13.8 Å². The average Bonchev–Trinajstić information content (AvgIpc) is 4.11. The van der Waals surface area contributed by atoms with Crippen LogP contribution < -0.4 is 31.1 Å². The van der Waals surface area contributed by atoms with Gasteiger partial charge in [0.25, 0.3) is 0 Å². The van der Waals surface area contributed by atoms with E-state index in [4.69, 9.17) is 34.6 Å². The van der Waals surface area contributed by atoms with Crippen LogP contribution in [-0.4, -0.2) is 111 Å². The Morgan fingerprint density at radius 1 is 0.637 bits per heavy atom. The second-order valence-electron chi connectivity index (χ2n) is 23.2. The first-order valence-electron chi connectivity index (χ1n) is 29.6. The molecule has 2 saturated carbocycles. The summed E-state index contributed by atoms with van der Waals surface area (Å²) in [7, 11) is 0. The van der Waals surface area contributed by atoms with Crippen molar-refractivity contribution in [1.29, 1.82) is 0 Å². The molecule has 2 aliphatic carbocycles. The van der Waals surface area contributed by atoms with Crippen molar-refractivity contribution in [3.8, 4) is 22.5 Å². The third kappa shape index (κ3) is 12.6. The summed E-state index contributed by atoms with van der Waals surface area (Å²) in [5.41, 5.74) is 16.3. The molecule has 12 heterocycles. The number of anilines is 6. The SMILES string of the molecule is Cc1cc(-c2ccc3c(n2)N(C(=O)Nc2cc(CC[C@H]4CCOC5(CCCCC5)O4)ccn2)[C@H]2CCN3C2)ccn1.Cc1cc(-c2ccc3c(n2)N[C@H]2CCN3C2)ccn1.Nc1cc(CC[C@H]2CCOC3(CCCCC3)O2)ccn1. The Morgan fingerprint density at radius 2 is 1.21 bits per heavy atom. The van der Waals surface area contributed by atoms with Crippen LogP contribution in [0.25, 0.3) is 22.5 Å². The number of amides is 2. The molecule has 2 spiro atoms. The number of fused-ring (bicyclic) bond motifs is 8. The van der Waals surface area contributed by atoms with Gasteiger partial charge < -0.3 is 39.8 Å². The van der Waals surface area contributed by atoms with Gasteiger partial charge in [-0.3, -0.25) is 20.2 Å². The van der Waals surface area contributed by atoms with Gasteiger partial charge in [0.1, 0.15) is 11.6 Å². The molecule has 0 radical (unpaired) electrons. The maximum atomic E-state index is 13.8. The van der Waals surface area contributed by atoms with Gasteiger partial charge in [0.15, 0.2) is 23.2 Å². The van der Waals surface area contributed by atoms with Crippen LogP contribution in [-0.2, 0) is 31.8 Å². The minimum atomic E-state index is -0.358. The first-order chi connectivity index (χ1) is 39.1. The zero-order valence-corrected chi connectivity index (χ0v) is 46.7. The van der Waals surface area contributed by atoms with E-state index in [-0.39, 0.29) is 29.8 Å². The zero-order chi connectivity index (χ0) is 54.5. The normalized spacial score (nSPS) is 22.9. The number of ether oxygens (including phenoxy) is 4. The van der Waals surface area contributed by atoms with Gasteiger partial charge in [-0.25, -0.2) is 24.7 Å². The van der Waals surface area contributed by atoms with Crippen molar-refractivity contribution in [1.82, 2.24) is 29.9 Å². The Hall–Kier alpha value is -6.79. The van der Waals surface area contributed by atoms with E-state index < -0.39 is 0 Å². The highest BCUT2D eigenvalue weighted by Gasteiger charge is 2.42. The molecule has 0 aromatic carbocycles. The van der Waals surface area contributed by atoms with E-state index >= 15 is 0 Å². The molecule has 4 saturated heterocycles. The molecule has 14 rings (SSSR count). The maximum absolute atomic E-state index is 13.8. The lowest BCUT2D eigenvalue weighted by molar-refractivity contribution is -0.306. The lowest BCUT2D eigenvalue weighted by atomic mass is 9.92. The third-order valence-electron chi connectivity index (χ3n) is 17.3. The van der Waals surface area contributed by atoms with Gasteiger partial charge in [0.05, 0.1) is 54.2 Å². The van der Waals surface area contributed by atoms with Crippen LogP contribution in [0.5, 0.6) is 0 Å². The molecule has 6 fully saturated rings. The number of hydrogen-bond acceptors (Lipinski definition) is 15. The number of rotatable bonds is 9. The van der Waals surface area contributed by atoms with E-state index in [0.29, 0.717) is 29.6 Å². The molecular formula is C63H78N12O5. The lowest BCUT2D eigenvalue weighted by Gasteiger charge is -2.43. The Kier molecular flexibility index (Phi) is 16.2. The highest BCUT2D eigenvalue weighted by molar-refractivity contribution is 6.04. The standard InChI is InChI=1S/C32H38N6O3.C16H24N2O2.C15H16N4/c1-22-19-24(10-16-33-22)27-7-8-28-30(35-27)38(25-11-17-37(28)21-25)31(39)36-29-20-23(9-15-34-29)5-6-26-12-18-40-32(41-26)13-3-2-4-14-32;17-15-12-13(6-10-18-15)4-5-14-7-11-19-16(20-14)8-2-1-3-9-16;1-10-8-11(4-6-16-10)13-2-3-14-15(18-13)17-12-5-7-19(14)9-12/h7-10,15-16,19-20,25-26H,2-6,11-14,17-18,21H2,1H3,(H,34,36,39);6,10,12,14H,1-5,7-9,11H2,(H2,17,18);2-4,6,8,12H,5,7,9H2,1H3,(H,17,18)/t25-,26-;14-;12-/m000/s1. The van der Waals surface area contributed by atoms with Crippen LogP contribution >= 0.6 is 0 Å². The Morgan fingerprint density at radius 3 is 1.85 bits per heavy atom. The summed E-state index contributed by atoms with van der Waals surface area (Å²) in [5.74, 6) is 2.27. The molecule has 4 bridgehead atoms. The van der Waals surface area contributed by atoms with Gasteiger partial charge in [-0.15, -0.1) is 0 Å². The maximum Gasteiger partial charge on any atom is 0.329 e. The van der Waals surface area contributed by atoms with Gasteiger partial charge in [-0.05, 0) is 175 Å². The molecule has 6 aromatic heterocycles. The van der Waals surface area contributed by atoms with Crippen LogP contribution in [0.3, 0.4) is 0 Å². The van der Waals surface area contributed by atoms with E-state index in [0.717, 1.165) is 161 Å². The zero-order valence-electron chi connectivity index (χ0n) is 46.7. The predicted octanol–water partition coefficient (Wildman–Crippen LogP) is 11.4. The van der Waals surface area contributed by atoms with Crippen molar-refractivity contribution in [2.24, 2.45) is 0 Å². The predicted molar refractivity (Wildman–Crippen MR) is 313 cm³/mol. The third-order valence-corrected chi connectivity index (χ3v) is 17.3. The van der Waals surface area contributed by atoms with Crippen molar-refractivity contribution < 1.29 is 23.7 Å². The quantitative estimate of drug-likeness (QED) is 0.124. The lowest BCUT2D eigenvalue weighted by Crippen LogP contribution is -2.48. The topological polar surface area (TPSA) is 191 Å². The van der Waals surface area contributed by atoms with Gasteiger partial charge in [-0.2, -0.15) is 0 Å². The number of nitrogens with two attached hydrogens (primary N) is 1. The summed E-state index contributed by atoms with van der Waals surface area (Å²) in [4.78, 5) is 47.2. The fourth-order valence-corrected chi connectivity index (χ4v) is 13.1. The molecule has 420 valence electrons. The van der Waals surface area contributed by atoms with Crippen LogP contribution in [0.15, 0.2) is 97.6 Å². The molecule has 0 unspecified atom stereocenters. The van der Waals surface area contributed by atoms with Crippen LogP contribution in [0.4, 0.5) is 39.4 Å². The molecule has 2 amide bonds. The number of carbonyl (C=O) groups excluding carboxylic acids is 1. The van der Waals surface area contributed by atoms with Crippen molar-refractivity contribution in [3.05, 3.63) is 120 Å². The Labute approximate surface area is 470 Å². The van der Waals surface area contributed by atoms with Crippen molar-refractivity contribution in [3.63, 3.8) is 0 Å². The molecular weight excluding hydrogens is 1000 g/mol. The number of aryl methyl sites for hydroxylation is 4. The number of pyridine rings is 6. The summed E-state index contributed by atoms with van der Waals surface area (Å²) >= 11 is 0. The van der Waals surface area contributed by atoms with Crippen LogP contribution in [0.2, 0.25) is 0 Å². The summed E-state index contributed by atoms with van der Waals surface area (Å²) in [6, 6.07) is 24.9. The minimum Gasteiger partial charge on any atom is -0.384 e. The molecule has 4 N–H and O–H groups in total. The van der Waals surface area contributed by atoms with Gasteiger partial charge >= 0.3 is 6.03 Å². The average molecular weight is 1080 g/mol. The van der Waals surface area contributed by atoms with Gasteiger partial charge in [0.2, 0.25) is 0 Å². The van der Waals surface area contributed by atoms with E-state index in [9.17, 15) is 4.79 Å². The highest BCUT2D eigenvalue weighted by atomic mass is 16.7.